The molecule has 0 unspecified atom stereocenters. The molecule has 2 heterocycles. The zero-order chi connectivity index (χ0) is 39.7. The Morgan fingerprint density at radius 2 is 1.03 bits per heavy atom. The van der Waals surface area contributed by atoms with Gasteiger partial charge in [-0.2, -0.15) is 0 Å². The Morgan fingerprint density at radius 1 is 0.383 bits per heavy atom. The van der Waals surface area contributed by atoms with Gasteiger partial charge in [0.15, 0.2) is 0 Å². The maximum absolute atomic E-state index is 7.26. The van der Waals surface area contributed by atoms with Crippen molar-refractivity contribution in [2.24, 2.45) is 0 Å². The number of benzene rings is 10. The van der Waals surface area contributed by atoms with Crippen LogP contribution in [0.2, 0.25) is 0 Å². The average molecular weight is 768 g/mol. The number of hydrogen-bond donors (Lipinski definition) is 0. The van der Waals surface area contributed by atoms with Crippen molar-refractivity contribution in [1.29, 1.82) is 0 Å². The molecule has 12 aromatic rings. The highest BCUT2D eigenvalue weighted by Crippen LogP contribution is 2.54. The van der Waals surface area contributed by atoms with Crippen molar-refractivity contribution in [3.63, 3.8) is 0 Å². The van der Waals surface area contributed by atoms with Crippen LogP contribution in [0.4, 0.5) is 17.1 Å². The summed E-state index contributed by atoms with van der Waals surface area (Å²) in [4.78, 5) is 2.48. The summed E-state index contributed by atoms with van der Waals surface area (Å²) >= 11 is 0. The summed E-state index contributed by atoms with van der Waals surface area (Å²) < 4.78 is 13.7. The van der Waals surface area contributed by atoms with Crippen LogP contribution in [0.15, 0.2) is 197 Å². The summed E-state index contributed by atoms with van der Waals surface area (Å²) in [5.41, 5.74) is 13.9. The smallest absolute Gasteiger partial charge is 0.145 e. The second-order valence-electron chi connectivity index (χ2n) is 16.8. The van der Waals surface area contributed by atoms with E-state index >= 15 is 0 Å². The number of fused-ring (bicyclic) bond motifs is 14. The SMILES string of the molecule is CC1(C)c2ccccc2-c2ccc(N(c3ccc4c(oc5ccc6oc7ccccc7c6c54)c3-c3cc4ccccc4c4ccccc34)c3cccc4ccccc34)cc21. The van der Waals surface area contributed by atoms with E-state index in [4.69, 9.17) is 8.83 Å². The molecule has 0 aliphatic heterocycles. The quantitative estimate of drug-likeness (QED) is 0.167. The van der Waals surface area contributed by atoms with Crippen molar-refractivity contribution < 1.29 is 8.83 Å². The van der Waals surface area contributed by atoms with E-state index in [1.807, 2.05) is 12.1 Å². The molecule has 0 spiro atoms. The van der Waals surface area contributed by atoms with Gasteiger partial charge in [-0.25, -0.2) is 0 Å². The minimum atomic E-state index is -0.175. The molecule has 0 radical (unpaired) electrons. The second kappa shape index (κ2) is 12.2. The first kappa shape index (κ1) is 33.4. The van der Waals surface area contributed by atoms with E-state index in [0.29, 0.717) is 0 Å². The Labute approximate surface area is 346 Å². The lowest BCUT2D eigenvalue weighted by atomic mass is 9.82. The minimum Gasteiger partial charge on any atom is -0.456 e. The van der Waals surface area contributed by atoms with Gasteiger partial charge < -0.3 is 13.7 Å². The van der Waals surface area contributed by atoms with Crippen LogP contribution >= 0.6 is 0 Å². The molecule has 13 rings (SSSR count). The maximum Gasteiger partial charge on any atom is 0.145 e. The van der Waals surface area contributed by atoms with E-state index in [1.165, 1.54) is 54.6 Å². The summed E-state index contributed by atoms with van der Waals surface area (Å²) in [5.74, 6) is 0. The fourth-order valence-corrected chi connectivity index (χ4v) is 10.5. The summed E-state index contributed by atoms with van der Waals surface area (Å²) in [6, 6.07) is 68.3. The second-order valence-corrected chi connectivity index (χ2v) is 16.8. The van der Waals surface area contributed by atoms with Gasteiger partial charge in [-0.1, -0.05) is 147 Å². The van der Waals surface area contributed by atoms with Gasteiger partial charge in [-0.15, -0.1) is 0 Å². The Kier molecular flexibility index (Phi) is 6.78. The van der Waals surface area contributed by atoms with Crippen molar-refractivity contribution in [3.8, 4) is 22.3 Å². The van der Waals surface area contributed by atoms with Gasteiger partial charge in [0.25, 0.3) is 0 Å². The summed E-state index contributed by atoms with van der Waals surface area (Å²) in [7, 11) is 0. The molecular weight excluding hydrogens is 731 g/mol. The third-order valence-electron chi connectivity index (χ3n) is 13.2. The molecule has 60 heavy (non-hydrogen) atoms. The summed E-state index contributed by atoms with van der Waals surface area (Å²) in [6.07, 6.45) is 0. The molecule has 3 nitrogen and oxygen atoms in total. The van der Waals surface area contributed by atoms with E-state index in [9.17, 15) is 0 Å². The van der Waals surface area contributed by atoms with Crippen LogP contribution < -0.4 is 4.90 Å². The topological polar surface area (TPSA) is 29.5 Å². The first-order chi connectivity index (χ1) is 29.5. The molecule has 0 fully saturated rings. The lowest BCUT2D eigenvalue weighted by Gasteiger charge is -2.31. The fraction of sp³-hybridized carbons (Fsp3) is 0.0526. The number of furan rings is 2. The number of hydrogen-bond acceptors (Lipinski definition) is 3. The van der Waals surface area contributed by atoms with Crippen LogP contribution in [0.25, 0.3) is 98.4 Å². The Balaban J connectivity index is 1.20. The molecule has 0 bridgehead atoms. The average Bonchev–Trinajstić information content (AvgIpc) is 3.94. The third-order valence-corrected chi connectivity index (χ3v) is 13.2. The highest BCUT2D eigenvalue weighted by Gasteiger charge is 2.36. The van der Waals surface area contributed by atoms with Crippen molar-refractivity contribution >= 4 is 93.3 Å². The molecule has 1 aliphatic rings. The fourth-order valence-electron chi connectivity index (χ4n) is 10.5. The van der Waals surface area contributed by atoms with E-state index < -0.39 is 0 Å². The monoisotopic (exact) mass is 767 g/mol. The molecule has 3 heteroatoms. The summed E-state index contributed by atoms with van der Waals surface area (Å²) in [5, 5.41) is 11.4. The maximum atomic E-state index is 7.26. The highest BCUT2D eigenvalue weighted by atomic mass is 16.3. The van der Waals surface area contributed by atoms with Gasteiger partial charge in [0.2, 0.25) is 0 Å². The van der Waals surface area contributed by atoms with Crippen LogP contribution in [-0.2, 0) is 5.41 Å². The van der Waals surface area contributed by atoms with Crippen LogP contribution in [0.5, 0.6) is 0 Å². The zero-order valence-corrected chi connectivity index (χ0v) is 33.2. The highest BCUT2D eigenvalue weighted by molar-refractivity contribution is 6.29. The van der Waals surface area contributed by atoms with Crippen LogP contribution in [0.1, 0.15) is 25.0 Å². The minimum absolute atomic E-state index is 0.175. The predicted octanol–water partition coefficient (Wildman–Crippen LogP) is 16.4. The Morgan fingerprint density at radius 3 is 1.90 bits per heavy atom. The molecule has 10 aromatic carbocycles. The predicted molar refractivity (Wildman–Crippen MR) is 251 cm³/mol. The molecular formula is C57H37NO2. The van der Waals surface area contributed by atoms with Crippen molar-refractivity contribution in [2.75, 3.05) is 4.90 Å². The van der Waals surface area contributed by atoms with E-state index in [1.54, 1.807) is 0 Å². The van der Waals surface area contributed by atoms with Crippen LogP contribution in [0.3, 0.4) is 0 Å². The number of rotatable bonds is 4. The molecule has 0 N–H and O–H groups in total. The third kappa shape index (κ3) is 4.55. The van der Waals surface area contributed by atoms with Gasteiger partial charge in [0, 0.05) is 43.6 Å². The molecule has 0 saturated heterocycles. The van der Waals surface area contributed by atoms with Crippen LogP contribution in [-0.4, -0.2) is 0 Å². The number of anilines is 3. The standard InChI is InChI=1S/C57H37NO2/c1-57(2)46-23-11-9-21-41(46)42-27-26-36(33-47(42)57)58(48-24-13-16-34-14-3-6-18-38(34)48)49-29-28-44-55-52(31-30-51-54(55)43-22-10-12-25-50(43)59-51)60-56(44)53(49)45-32-35-15-4-5-17-37(35)39-19-7-8-20-40(39)45/h3-33H,1-2H3. The lowest BCUT2D eigenvalue weighted by molar-refractivity contribution is 0.660. The summed E-state index contributed by atoms with van der Waals surface area (Å²) in [6.45, 7) is 4.72. The molecule has 0 atom stereocenters. The van der Waals surface area contributed by atoms with Crippen LogP contribution in [0, 0.1) is 0 Å². The Hall–Kier alpha value is -7.62. The van der Waals surface area contributed by atoms with E-state index in [-0.39, 0.29) is 5.41 Å². The van der Waals surface area contributed by atoms with Gasteiger partial charge >= 0.3 is 0 Å². The molecule has 0 saturated carbocycles. The van der Waals surface area contributed by atoms with E-state index in [0.717, 1.165) is 72.1 Å². The zero-order valence-electron chi connectivity index (χ0n) is 33.2. The molecule has 0 amide bonds. The lowest BCUT2D eigenvalue weighted by Crippen LogP contribution is -2.17. The van der Waals surface area contributed by atoms with E-state index in [2.05, 4.69) is 195 Å². The first-order valence-electron chi connectivity index (χ1n) is 20.8. The van der Waals surface area contributed by atoms with Crippen molar-refractivity contribution in [3.05, 3.63) is 199 Å². The molecule has 282 valence electrons. The Bertz CT molecular complexity index is 3760. The van der Waals surface area contributed by atoms with Gasteiger partial charge in [0.1, 0.15) is 22.3 Å². The van der Waals surface area contributed by atoms with Crippen molar-refractivity contribution in [2.45, 2.75) is 19.3 Å². The molecule has 1 aliphatic carbocycles. The largest absolute Gasteiger partial charge is 0.456 e. The molecule has 2 aromatic heterocycles. The number of nitrogens with zero attached hydrogens (tertiary/aromatic N) is 1. The van der Waals surface area contributed by atoms with Gasteiger partial charge in [0.05, 0.1) is 11.4 Å². The first-order valence-corrected chi connectivity index (χ1v) is 20.8. The normalized spacial score (nSPS) is 13.3. The van der Waals surface area contributed by atoms with Gasteiger partial charge in [-0.05, 0) is 109 Å². The van der Waals surface area contributed by atoms with Gasteiger partial charge in [-0.3, -0.25) is 0 Å². The number of para-hydroxylation sites is 1. The van der Waals surface area contributed by atoms with Crippen molar-refractivity contribution in [1.82, 2.24) is 0 Å².